The van der Waals surface area contributed by atoms with Crippen molar-refractivity contribution in [1.29, 1.82) is 0 Å². The first-order valence-corrected chi connectivity index (χ1v) is 15.8. The van der Waals surface area contributed by atoms with Crippen LogP contribution in [0.2, 0.25) is 0 Å². The highest BCUT2D eigenvalue weighted by Gasteiger charge is 2.49. The fourth-order valence-corrected chi connectivity index (χ4v) is 6.57. The second kappa shape index (κ2) is 14.6. The van der Waals surface area contributed by atoms with E-state index in [1.165, 1.54) is 4.31 Å². The van der Waals surface area contributed by atoms with Crippen LogP contribution in [0.4, 0.5) is 0 Å². The van der Waals surface area contributed by atoms with Gasteiger partial charge in [0.25, 0.3) is 0 Å². The molecule has 0 heterocycles. The van der Waals surface area contributed by atoms with Crippen LogP contribution in [0.25, 0.3) is 0 Å². The number of carbonyl (C=O) groups is 1. The molecule has 5 nitrogen and oxygen atoms in total. The number of benzene rings is 4. The first-order chi connectivity index (χ1) is 20.8. The van der Waals surface area contributed by atoms with Crippen molar-refractivity contribution < 1.29 is 17.9 Å². The highest BCUT2D eigenvalue weighted by Crippen LogP contribution is 2.38. The quantitative estimate of drug-likeness (QED) is 0.100. The lowest BCUT2D eigenvalue weighted by Crippen LogP contribution is -2.55. The molecule has 0 saturated heterocycles. The molecule has 220 valence electrons. The maximum absolute atomic E-state index is 14.5. The zero-order valence-electron chi connectivity index (χ0n) is 24.6. The summed E-state index contributed by atoms with van der Waals surface area (Å²) in [6.45, 7) is 7.68. The number of aryl methyl sites for hydroxylation is 1. The van der Waals surface area contributed by atoms with Crippen LogP contribution in [0.3, 0.4) is 0 Å². The van der Waals surface area contributed by atoms with Crippen molar-refractivity contribution in [2.24, 2.45) is 0 Å². The Bertz CT molecular complexity index is 1660. The fourth-order valence-electron chi connectivity index (χ4n) is 4.96. The van der Waals surface area contributed by atoms with Crippen LogP contribution in [0.5, 0.6) is 0 Å². The standard InChI is InChI=1S/C37H37NO4S/c1-4-15-36(39)42-37(33-20-13-8-14-21-33,27-26-31-16-9-6-10-17-31)35(29-32-18-11-7-12-19-32)38(28-5-2)43(40,41)34-24-22-30(3)23-25-34/h5-14,16-25,35H,2,4,15,28-29H2,1,3H3/t35-,37?/m0/s1. The number of rotatable bonds is 12. The van der Waals surface area contributed by atoms with Crippen molar-refractivity contribution in [1.82, 2.24) is 4.31 Å². The Morgan fingerprint density at radius 1 is 0.907 bits per heavy atom. The normalized spacial score (nSPS) is 13.3. The van der Waals surface area contributed by atoms with Crippen LogP contribution in [0, 0.1) is 18.8 Å². The van der Waals surface area contributed by atoms with E-state index in [1.54, 1.807) is 30.3 Å². The molecule has 0 spiro atoms. The molecule has 0 aromatic heterocycles. The number of nitrogens with zero attached hydrogens (tertiary/aromatic N) is 1. The summed E-state index contributed by atoms with van der Waals surface area (Å²) in [7, 11) is -4.12. The van der Waals surface area contributed by atoms with E-state index in [4.69, 9.17) is 4.74 Å². The molecule has 1 unspecified atom stereocenters. The zero-order valence-corrected chi connectivity index (χ0v) is 25.5. The minimum absolute atomic E-state index is 0.0271. The summed E-state index contributed by atoms with van der Waals surface area (Å²) in [5, 5.41) is 0. The SMILES string of the molecule is C=CCN([C@@H](Cc1ccccc1)C(C#Cc1ccccc1)(OC(=O)CCC)c1ccccc1)S(=O)(=O)c1ccc(C)cc1. The predicted octanol–water partition coefficient (Wildman–Crippen LogP) is 7.07. The van der Waals surface area contributed by atoms with Gasteiger partial charge in [-0.3, -0.25) is 4.79 Å². The molecule has 0 aliphatic rings. The number of carbonyl (C=O) groups excluding carboxylic acids is 1. The van der Waals surface area contributed by atoms with Gasteiger partial charge in [0.15, 0.2) is 0 Å². The molecule has 6 heteroatoms. The Balaban J connectivity index is 2.06. The van der Waals surface area contributed by atoms with Gasteiger partial charge in [-0.15, -0.1) is 6.58 Å². The largest absolute Gasteiger partial charge is 0.440 e. The van der Waals surface area contributed by atoms with Gasteiger partial charge >= 0.3 is 5.97 Å². The molecule has 43 heavy (non-hydrogen) atoms. The first-order valence-electron chi connectivity index (χ1n) is 14.4. The Morgan fingerprint density at radius 3 is 2.07 bits per heavy atom. The van der Waals surface area contributed by atoms with Crippen molar-refractivity contribution >= 4 is 16.0 Å². The Labute approximate surface area is 255 Å². The van der Waals surface area contributed by atoms with E-state index < -0.39 is 27.6 Å². The minimum Gasteiger partial charge on any atom is -0.440 e. The second-order valence-corrected chi connectivity index (χ2v) is 12.2. The average Bonchev–Trinajstić information content (AvgIpc) is 3.03. The van der Waals surface area contributed by atoms with Gasteiger partial charge in [-0.05, 0) is 55.5 Å². The topological polar surface area (TPSA) is 63.7 Å². The van der Waals surface area contributed by atoms with Crippen molar-refractivity contribution in [3.05, 3.63) is 150 Å². The maximum atomic E-state index is 14.5. The first kappa shape index (κ1) is 31.5. The smallest absolute Gasteiger partial charge is 0.307 e. The summed E-state index contributed by atoms with van der Waals surface area (Å²) in [5.41, 5.74) is 1.44. The molecular formula is C37H37NO4S. The highest BCUT2D eigenvalue weighted by molar-refractivity contribution is 7.89. The number of esters is 1. The summed E-state index contributed by atoms with van der Waals surface area (Å²) in [4.78, 5) is 13.6. The molecule has 4 aromatic rings. The highest BCUT2D eigenvalue weighted by atomic mass is 32.2. The molecule has 0 saturated carbocycles. The fraction of sp³-hybridized carbons (Fsp3) is 0.216. The van der Waals surface area contributed by atoms with Crippen molar-refractivity contribution in [2.45, 2.75) is 49.6 Å². The van der Waals surface area contributed by atoms with Crippen molar-refractivity contribution in [3.63, 3.8) is 0 Å². The Kier molecular flexibility index (Phi) is 10.7. The van der Waals surface area contributed by atoms with Crippen LogP contribution in [-0.4, -0.2) is 31.3 Å². The van der Waals surface area contributed by atoms with Gasteiger partial charge in [0.05, 0.1) is 10.9 Å². The molecule has 0 aliphatic heterocycles. The number of hydrogen-bond acceptors (Lipinski definition) is 4. The van der Waals surface area contributed by atoms with Crippen LogP contribution >= 0.6 is 0 Å². The average molecular weight is 592 g/mol. The maximum Gasteiger partial charge on any atom is 0.307 e. The van der Waals surface area contributed by atoms with Gasteiger partial charge < -0.3 is 4.74 Å². The lowest BCUT2D eigenvalue weighted by Gasteiger charge is -2.42. The minimum atomic E-state index is -4.12. The van der Waals surface area contributed by atoms with Gasteiger partial charge in [0.2, 0.25) is 15.6 Å². The monoisotopic (exact) mass is 591 g/mol. The van der Waals surface area contributed by atoms with Gasteiger partial charge in [-0.2, -0.15) is 4.31 Å². The summed E-state index contributed by atoms with van der Waals surface area (Å²) in [6.07, 6.45) is 2.50. The predicted molar refractivity (Wildman–Crippen MR) is 172 cm³/mol. The third-order valence-corrected chi connectivity index (χ3v) is 9.01. The van der Waals surface area contributed by atoms with Gasteiger partial charge in [0.1, 0.15) is 0 Å². The summed E-state index contributed by atoms with van der Waals surface area (Å²) >= 11 is 0. The van der Waals surface area contributed by atoms with Gasteiger partial charge in [0, 0.05) is 24.1 Å². The zero-order chi connectivity index (χ0) is 30.7. The molecule has 0 bridgehead atoms. The Hall–Kier alpha value is -4.44. The molecule has 4 rings (SSSR count). The van der Waals surface area contributed by atoms with Crippen molar-refractivity contribution in [2.75, 3.05) is 6.54 Å². The molecule has 0 N–H and O–H groups in total. The molecule has 0 amide bonds. The Morgan fingerprint density at radius 2 is 1.49 bits per heavy atom. The molecule has 0 aliphatic carbocycles. The molecule has 0 fully saturated rings. The van der Waals surface area contributed by atoms with Crippen LogP contribution in [0.1, 0.15) is 42.0 Å². The van der Waals surface area contributed by atoms with E-state index >= 15 is 0 Å². The number of sulfonamides is 1. The summed E-state index contributed by atoms with van der Waals surface area (Å²) in [5.74, 6) is 6.07. The molecule has 0 radical (unpaired) electrons. The van der Waals surface area contributed by atoms with E-state index in [2.05, 4.69) is 18.4 Å². The van der Waals surface area contributed by atoms with Crippen LogP contribution in [-0.2, 0) is 31.6 Å². The van der Waals surface area contributed by atoms with Gasteiger partial charge in [-0.1, -0.05) is 115 Å². The molecular weight excluding hydrogens is 554 g/mol. The van der Waals surface area contributed by atoms with Crippen LogP contribution < -0.4 is 0 Å². The molecule has 2 atom stereocenters. The summed E-state index contributed by atoms with van der Waals surface area (Å²) in [6, 6.07) is 34.0. The van der Waals surface area contributed by atoms with Crippen molar-refractivity contribution in [3.8, 4) is 11.8 Å². The number of hydrogen-bond donors (Lipinski definition) is 0. The van der Waals surface area contributed by atoms with E-state index in [0.717, 1.165) is 11.1 Å². The second-order valence-electron chi connectivity index (χ2n) is 10.3. The number of ether oxygens (including phenoxy) is 1. The lowest BCUT2D eigenvalue weighted by molar-refractivity contribution is -0.160. The van der Waals surface area contributed by atoms with E-state index in [1.807, 2.05) is 105 Å². The van der Waals surface area contributed by atoms with Crippen LogP contribution in [0.15, 0.2) is 133 Å². The van der Waals surface area contributed by atoms with E-state index in [9.17, 15) is 13.2 Å². The molecule has 4 aromatic carbocycles. The lowest BCUT2D eigenvalue weighted by atomic mass is 9.82. The summed E-state index contributed by atoms with van der Waals surface area (Å²) < 4.78 is 36.9. The third kappa shape index (κ3) is 7.70. The van der Waals surface area contributed by atoms with Gasteiger partial charge in [-0.25, -0.2) is 8.42 Å². The van der Waals surface area contributed by atoms with E-state index in [-0.39, 0.29) is 24.3 Å². The third-order valence-electron chi connectivity index (χ3n) is 7.12. The van der Waals surface area contributed by atoms with E-state index in [0.29, 0.717) is 17.5 Å².